The molecule has 0 saturated heterocycles. The zero-order chi connectivity index (χ0) is 7.84. The lowest BCUT2D eigenvalue weighted by Gasteiger charge is -2.00. The van der Waals surface area contributed by atoms with Gasteiger partial charge in [-0.2, -0.15) is 5.10 Å². The van der Waals surface area contributed by atoms with E-state index in [-0.39, 0.29) is 0 Å². The smallest absolute Gasteiger partial charge is 0.126 e. The van der Waals surface area contributed by atoms with Crippen molar-refractivity contribution in [3.63, 3.8) is 0 Å². The van der Waals surface area contributed by atoms with E-state index in [0.29, 0.717) is 12.6 Å². The first kappa shape index (κ1) is 6.67. The molecule has 11 heavy (non-hydrogen) atoms. The Labute approximate surface area is 65.2 Å². The summed E-state index contributed by atoms with van der Waals surface area (Å²) in [6.45, 7) is 0.485. The molecular formula is C7H12N4. The minimum Gasteiger partial charge on any atom is -0.384 e. The normalized spacial score (nSPS) is 17.2. The van der Waals surface area contributed by atoms with Crippen molar-refractivity contribution in [3.05, 3.63) is 11.8 Å². The second kappa shape index (κ2) is 2.23. The largest absolute Gasteiger partial charge is 0.384 e. The summed E-state index contributed by atoms with van der Waals surface area (Å²) in [5, 5.41) is 4.16. The van der Waals surface area contributed by atoms with Gasteiger partial charge >= 0.3 is 0 Å². The minimum absolute atomic E-state index is 0.485. The van der Waals surface area contributed by atoms with Crippen LogP contribution < -0.4 is 11.5 Å². The molecule has 1 saturated carbocycles. The van der Waals surface area contributed by atoms with Crippen LogP contribution in [0, 0.1) is 0 Å². The number of rotatable bonds is 2. The van der Waals surface area contributed by atoms with Crippen LogP contribution in [0.2, 0.25) is 0 Å². The molecule has 1 fully saturated rings. The molecule has 4 heteroatoms. The van der Waals surface area contributed by atoms with Crippen LogP contribution in [0.4, 0.5) is 5.82 Å². The number of hydrogen-bond acceptors (Lipinski definition) is 3. The molecule has 1 aromatic heterocycles. The molecule has 0 aliphatic heterocycles. The lowest BCUT2D eigenvalue weighted by atomic mass is 10.3. The highest BCUT2D eigenvalue weighted by Crippen LogP contribution is 2.36. The van der Waals surface area contributed by atoms with E-state index in [1.807, 2.05) is 4.68 Å². The summed E-state index contributed by atoms with van der Waals surface area (Å²) >= 11 is 0. The second-order valence-electron chi connectivity index (χ2n) is 2.93. The van der Waals surface area contributed by atoms with E-state index in [1.54, 1.807) is 6.20 Å². The third kappa shape index (κ3) is 0.991. The molecule has 1 aliphatic rings. The topological polar surface area (TPSA) is 69.9 Å². The van der Waals surface area contributed by atoms with Gasteiger partial charge in [0.15, 0.2) is 0 Å². The first-order chi connectivity index (χ1) is 5.33. The van der Waals surface area contributed by atoms with Gasteiger partial charge in [0.05, 0.1) is 12.2 Å². The molecule has 1 aromatic rings. The Kier molecular flexibility index (Phi) is 1.35. The van der Waals surface area contributed by atoms with E-state index >= 15 is 0 Å². The standard InChI is InChI=1S/C7H12N4/c8-3-5-4-10-11(7(5)9)6-1-2-6/h4,6H,1-3,8-9H2. The van der Waals surface area contributed by atoms with Crippen LogP contribution in [0.25, 0.3) is 0 Å². The molecule has 0 unspecified atom stereocenters. The van der Waals surface area contributed by atoms with Crippen LogP contribution in [0.15, 0.2) is 6.20 Å². The van der Waals surface area contributed by atoms with Crippen LogP contribution in [-0.2, 0) is 6.54 Å². The average molecular weight is 152 g/mol. The van der Waals surface area contributed by atoms with E-state index in [1.165, 1.54) is 12.8 Å². The zero-order valence-corrected chi connectivity index (χ0v) is 6.33. The van der Waals surface area contributed by atoms with Gasteiger partial charge in [-0.1, -0.05) is 0 Å². The monoisotopic (exact) mass is 152 g/mol. The Morgan fingerprint density at radius 1 is 1.64 bits per heavy atom. The fourth-order valence-corrected chi connectivity index (χ4v) is 1.17. The summed E-state index contributed by atoms with van der Waals surface area (Å²) in [5.74, 6) is 0.745. The maximum absolute atomic E-state index is 5.78. The molecule has 2 rings (SSSR count). The number of hydrogen-bond donors (Lipinski definition) is 2. The van der Waals surface area contributed by atoms with Crippen LogP contribution in [0.1, 0.15) is 24.4 Å². The van der Waals surface area contributed by atoms with Gasteiger partial charge in [-0.15, -0.1) is 0 Å². The molecule has 0 aromatic carbocycles. The van der Waals surface area contributed by atoms with Gasteiger partial charge in [-0.05, 0) is 12.8 Å². The van der Waals surface area contributed by atoms with E-state index < -0.39 is 0 Å². The van der Waals surface area contributed by atoms with Gasteiger partial charge in [0.25, 0.3) is 0 Å². The van der Waals surface area contributed by atoms with Gasteiger partial charge in [0.2, 0.25) is 0 Å². The summed E-state index contributed by atoms with van der Waals surface area (Å²) in [6.07, 6.45) is 4.17. The Balaban J connectivity index is 2.33. The van der Waals surface area contributed by atoms with E-state index in [9.17, 15) is 0 Å². The van der Waals surface area contributed by atoms with Crippen LogP contribution in [0.3, 0.4) is 0 Å². The van der Waals surface area contributed by atoms with Gasteiger partial charge < -0.3 is 11.5 Å². The van der Waals surface area contributed by atoms with Crippen molar-refractivity contribution in [1.29, 1.82) is 0 Å². The molecule has 0 atom stereocenters. The van der Waals surface area contributed by atoms with E-state index in [4.69, 9.17) is 11.5 Å². The summed E-state index contributed by atoms with van der Waals surface area (Å²) < 4.78 is 1.88. The van der Waals surface area contributed by atoms with Crippen molar-refractivity contribution in [2.24, 2.45) is 5.73 Å². The van der Waals surface area contributed by atoms with Gasteiger partial charge in [-0.3, -0.25) is 0 Å². The Morgan fingerprint density at radius 3 is 2.82 bits per heavy atom. The Bertz CT molecular complexity index is 261. The van der Waals surface area contributed by atoms with Crippen molar-refractivity contribution in [3.8, 4) is 0 Å². The Morgan fingerprint density at radius 2 is 2.36 bits per heavy atom. The highest BCUT2D eigenvalue weighted by molar-refractivity contribution is 5.39. The molecule has 0 bridgehead atoms. The fourth-order valence-electron chi connectivity index (χ4n) is 1.17. The van der Waals surface area contributed by atoms with Crippen LogP contribution in [-0.4, -0.2) is 9.78 Å². The predicted molar refractivity (Wildman–Crippen MR) is 42.8 cm³/mol. The lowest BCUT2D eigenvalue weighted by molar-refractivity contribution is 0.651. The molecule has 1 heterocycles. The molecule has 60 valence electrons. The zero-order valence-electron chi connectivity index (χ0n) is 6.33. The van der Waals surface area contributed by atoms with Crippen molar-refractivity contribution >= 4 is 5.82 Å². The summed E-state index contributed by atoms with van der Waals surface area (Å²) in [6, 6.07) is 0.551. The molecule has 1 aliphatic carbocycles. The third-order valence-electron chi connectivity index (χ3n) is 2.03. The van der Waals surface area contributed by atoms with E-state index in [2.05, 4.69) is 5.10 Å². The third-order valence-corrected chi connectivity index (χ3v) is 2.03. The van der Waals surface area contributed by atoms with Gasteiger partial charge in [-0.25, -0.2) is 4.68 Å². The number of nitrogens with zero attached hydrogens (tertiary/aromatic N) is 2. The molecular weight excluding hydrogens is 140 g/mol. The molecule has 4 nitrogen and oxygen atoms in total. The number of nitrogens with two attached hydrogens (primary N) is 2. The number of anilines is 1. The molecule has 4 N–H and O–H groups in total. The van der Waals surface area contributed by atoms with Gasteiger partial charge in [0, 0.05) is 12.1 Å². The highest BCUT2D eigenvalue weighted by Gasteiger charge is 2.26. The number of nitrogen functional groups attached to an aromatic ring is 1. The molecule has 0 radical (unpaired) electrons. The highest BCUT2D eigenvalue weighted by atomic mass is 15.3. The average Bonchev–Trinajstić information content (AvgIpc) is 2.77. The second-order valence-corrected chi connectivity index (χ2v) is 2.93. The minimum atomic E-state index is 0.485. The SMILES string of the molecule is NCc1cnn(C2CC2)c1N. The van der Waals surface area contributed by atoms with Crippen molar-refractivity contribution in [2.75, 3.05) is 5.73 Å². The van der Waals surface area contributed by atoms with Crippen molar-refractivity contribution < 1.29 is 0 Å². The first-order valence-corrected chi connectivity index (χ1v) is 3.85. The maximum Gasteiger partial charge on any atom is 0.126 e. The fraction of sp³-hybridized carbons (Fsp3) is 0.571. The Hall–Kier alpha value is -1.03. The van der Waals surface area contributed by atoms with Crippen LogP contribution in [0.5, 0.6) is 0 Å². The number of aromatic nitrogens is 2. The predicted octanol–water partition coefficient (Wildman–Crippen LogP) is 0.259. The molecule has 0 spiro atoms. The first-order valence-electron chi connectivity index (χ1n) is 3.85. The molecule has 0 amide bonds. The van der Waals surface area contributed by atoms with Crippen molar-refractivity contribution in [2.45, 2.75) is 25.4 Å². The summed E-state index contributed by atoms with van der Waals surface area (Å²) in [7, 11) is 0. The quantitative estimate of drug-likeness (QED) is 0.638. The van der Waals surface area contributed by atoms with Crippen molar-refractivity contribution in [1.82, 2.24) is 9.78 Å². The summed E-state index contributed by atoms with van der Waals surface area (Å²) in [4.78, 5) is 0. The maximum atomic E-state index is 5.78. The lowest BCUT2D eigenvalue weighted by Crippen LogP contribution is -2.05. The van der Waals surface area contributed by atoms with E-state index in [0.717, 1.165) is 11.4 Å². The van der Waals surface area contributed by atoms with Crippen LogP contribution >= 0.6 is 0 Å². The summed E-state index contributed by atoms with van der Waals surface area (Å²) in [5.41, 5.74) is 12.2. The van der Waals surface area contributed by atoms with Gasteiger partial charge in [0.1, 0.15) is 5.82 Å².